The lowest BCUT2D eigenvalue weighted by atomic mass is 10.2. The predicted octanol–water partition coefficient (Wildman–Crippen LogP) is 1.81. The van der Waals surface area contributed by atoms with Gasteiger partial charge >= 0.3 is 5.97 Å². The van der Waals surface area contributed by atoms with Crippen LogP contribution in [-0.2, 0) is 5.88 Å². The molecule has 0 spiro atoms. The summed E-state index contributed by atoms with van der Waals surface area (Å²) in [5.74, 6) is 0.0446. The van der Waals surface area contributed by atoms with E-state index in [2.05, 4.69) is 4.98 Å². The van der Waals surface area contributed by atoms with Gasteiger partial charge in [-0.05, 0) is 24.0 Å². The number of nitrogens with zero attached hydrogens (tertiary/aromatic N) is 2. The van der Waals surface area contributed by atoms with E-state index < -0.39 is 11.5 Å². The van der Waals surface area contributed by atoms with Gasteiger partial charge in [0.15, 0.2) is 0 Å². The molecule has 1 N–H and O–H groups in total. The SMILES string of the molecule is CCSCn1c(=O)c(C(=O)O)cc2cccnc21. The Bertz CT molecular complexity index is 651. The molecule has 0 aliphatic rings. The van der Waals surface area contributed by atoms with Crippen molar-refractivity contribution in [1.29, 1.82) is 0 Å². The molecule has 0 fully saturated rings. The van der Waals surface area contributed by atoms with E-state index in [4.69, 9.17) is 5.11 Å². The van der Waals surface area contributed by atoms with E-state index in [0.717, 1.165) is 5.75 Å². The fraction of sp³-hybridized carbons (Fsp3) is 0.250. The molecule has 0 bridgehead atoms. The molecule has 0 atom stereocenters. The number of aromatic carboxylic acids is 1. The average molecular weight is 264 g/mol. The van der Waals surface area contributed by atoms with Crippen molar-refractivity contribution in [3.63, 3.8) is 0 Å². The highest BCUT2D eigenvalue weighted by molar-refractivity contribution is 7.98. The largest absolute Gasteiger partial charge is 0.477 e. The molecular weight excluding hydrogens is 252 g/mol. The average Bonchev–Trinajstić information content (AvgIpc) is 2.37. The lowest BCUT2D eigenvalue weighted by molar-refractivity contribution is 0.0694. The minimum absolute atomic E-state index is 0.216. The van der Waals surface area contributed by atoms with Gasteiger partial charge in [0, 0.05) is 11.6 Å². The maximum atomic E-state index is 12.1. The second-order valence-electron chi connectivity index (χ2n) is 3.63. The van der Waals surface area contributed by atoms with Crippen LogP contribution in [-0.4, -0.2) is 26.4 Å². The van der Waals surface area contributed by atoms with Crippen LogP contribution < -0.4 is 5.56 Å². The Balaban J connectivity index is 2.73. The maximum Gasteiger partial charge on any atom is 0.341 e. The zero-order valence-electron chi connectivity index (χ0n) is 9.79. The van der Waals surface area contributed by atoms with E-state index in [-0.39, 0.29) is 5.56 Å². The van der Waals surface area contributed by atoms with Crippen LogP contribution in [0.1, 0.15) is 17.3 Å². The number of carboxylic acids is 1. The zero-order chi connectivity index (χ0) is 13.1. The quantitative estimate of drug-likeness (QED) is 0.911. The normalized spacial score (nSPS) is 10.7. The van der Waals surface area contributed by atoms with Crippen LogP contribution in [0.15, 0.2) is 29.2 Å². The van der Waals surface area contributed by atoms with Gasteiger partial charge in [-0.1, -0.05) is 6.92 Å². The molecule has 0 saturated heterocycles. The molecule has 0 aliphatic heterocycles. The number of hydrogen-bond acceptors (Lipinski definition) is 4. The summed E-state index contributed by atoms with van der Waals surface area (Å²) in [6.45, 7) is 1.98. The highest BCUT2D eigenvalue weighted by Gasteiger charge is 2.14. The van der Waals surface area contributed by atoms with E-state index in [1.165, 1.54) is 10.6 Å². The summed E-state index contributed by atoms with van der Waals surface area (Å²) in [5, 5.41) is 9.69. The summed E-state index contributed by atoms with van der Waals surface area (Å²) >= 11 is 1.54. The number of carboxylic acid groups (broad SMARTS) is 1. The fourth-order valence-electron chi connectivity index (χ4n) is 1.66. The van der Waals surface area contributed by atoms with E-state index in [1.807, 2.05) is 6.92 Å². The van der Waals surface area contributed by atoms with Crippen LogP contribution in [0.2, 0.25) is 0 Å². The first-order chi connectivity index (χ1) is 8.65. The molecule has 0 aliphatic carbocycles. The first kappa shape index (κ1) is 12.6. The van der Waals surface area contributed by atoms with E-state index in [0.29, 0.717) is 16.9 Å². The highest BCUT2D eigenvalue weighted by atomic mass is 32.2. The second-order valence-corrected chi connectivity index (χ2v) is 4.88. The van der Waals surface area contributed by atoms with Gasteiger partial charge in [-0.2, -0.15) is 0 Å². The van der Waals surface area contributed by atoms with Crippen molar-refractivity contribution in [2.45, 2.75) is 12.8 Å². The third kappa shape index (κ3) is 2.24. The molecule has 2 aromatic heterocycles. The first-order valence-electron chi connectivity index (χ1n) is 5.44. The summed E-state index contributed by atoms with van der Waals surface area (Å²) in [4.78, 5) is 27.3. The van der Waals surface area contributed by atoms with Crippen molar-refractivity contribution in [2.75, 3.05) is 5.75 Å². The molecule has 0 amide bonds. The maximum absolute atomic E-state index is 12.1. The molecule has 0 unspecified atom stereocenters. The Morgan fingerprint density at radius 1 is 1.56 bits per heavy atom. The van der Waals surface area contributed by atoms with Gasteiger partial charge in [0.1, 0.15) is 11.2 Å². The fourth-order valence-corrected chi connectivity index (χ4v) is 2.27. The Hall–Kier alpha value is -1.82. The third-order valence-electron chi connectivity index (χ3n) is 2.50. The molecule has 0 radical (unpaired) electrons. The summed E-state index contributed by atoms with van der Waals surface area (Å²) in [6, 6.07) is 4.84. The number of hydrogen-bond donors (Lipinski definition) is 1. The lowest BCUT2D eigenvalue weighted by Crippen LogP contribution is -2.26. The van der Waals surface area contributed by atoms with Gasteiger partial charge in [-0.3, -0.25) is 9.36 Å². The van der Waals surface area contributed by atoms with Gasteiger partial charge in [0.2, 0.25) is 0 Å². The number of pyridine rings is 2. The summed E-state index contributed by atoms with van der Waals surface area (Å²) < 4.78 is 1.41. The lowest BCUT2D eigenvalue weighted by Gasteiger charge is -2.09. The molecule has 2 aromatic rings. The van der Waals surface area contributed by atoms with Crippen molar-refractivity contribution in [3.8, 4) is 0 Å². The van der Waals surface area contributed by atoms with E-state index in [9.17, 15) is 9.59 Å². The van der Waals surface area contributed by atoms with Crippen LogP contribution in [0, 0.1) is 0 Å². The minimum atomic E-state index is -1.21. The summed E-state index contributed by atoms with van der Waals surface area (Å²) in [7, 11) is 0. The topological polar surface area (TPSA) is 72.2 Å². The summed E-state index contributed by atoms with van der Waals surface area (Å²) in [5.41, 5.74) is -0.199. The molecule has 2 heterocycles. The van der Waals surface area contributed by atoms with Crippen LogP contribution >= 0.6 is 11.8 Å². The summed E-state index contributed by atoms with van der Waals surface area (Å²) in [6.07, 6.45) is 1.59. The third-order valence-corrected chi connectivity index (χ3v) is 3.35. The van der Waals surface area contributed by atoms with Gasteiger partial charge in [0.25, 0.3) is 5.56 Å². The monoisotopic (exact) mass is 264 g/mol. The van der Waals surface area contributed by atoms with Crippen molar-refractivity contribution >= 4 is 28.8 Å². The molecule has 2 rings (SSSR count). The van der Waals surface area contributed by atoms with Gasteiger partial charge in [-0.15, -0.1) is 11.8 Å². The Morgan fingerprint density at radius 2 is 2.33 bits per heavy atom. The number of thioether (sulfide) groups is 1. The Kier molecular flexibility index (Phi) is 3.66. The predicted molar refractivity (Wildman–Crippen MR) is 71.1 cm³/mol. The molecular formula is C12H12N2O3S. The van der Waals surface area contributed by atoms with Crippen molar-refractivity contribution in [3.05, 3.63) is 40.3 Å². The van der Waals surface area contributed by atoms with Gasteiger partial charge in [-0.25, -0.2) is 9.78 Å². The Labute approximate surface area is 107 Å². The van der Waals surface area contributed by atoms with E-state index >= 15 is 0 Å². The number of aromatic nitrogens is 2. The van der Waals surface area contributed by atoms with Crippen LogP contribution in [0.25, 0.3) is 11.0 Å². The number of carbonyl (C=O) groups is 1. The molecule has 0 aromatic carbocycles. The zero-order valence-corrected chi connectivity index (χ0v) is 10.6. The van der Waals surface area contributed by atoms with Crippen LogP contribution in [0.3, 0.4) is 0 Å². The van der Waals surface area contributed by atoms with Crippen LogP contribution in [0.4, 0.5) is 0 Å². The first-order valence-corrected chi connectivity index (χ1v) is 6.60. The number of fused-ring (bicyclic) bond motifs is 1. The van der Waals surface area contributed by atoms with Crippen LogP contribution in [0.5, 0.6) is 0 Å². The van der Waals surface area contributed by atoms with Crippen molar-refractivity contribution in [2.24, 2.45) is 0 Å². The van der Waals surface area contributed by atoms with Gasteiger partial charge in [0.05, 0.1) is 5.88 Å². The van der Waals surface area contributed by atoms with E-state index in [1.54, 1.807) is 30.1 Å². The van der Waals surface area contributed by atoms with Crippen molar-refractivity contribution in [1.82, 2.24) is 9.55 Å². The standard InChI is InChI=1S/C12H12N2O3S/c1-2-18-7-14-10-8(4-3-5-13-10)6-9(11(14)15)12(16)17/h3-6H,2,7H2,1H3,(H,16,17). The Morgan fingerprint density at radius 3 is 3.00 bits per heavy atom. The second kappa shape index (κ2) is 5.22. The minimum Gasteiger partial charge on any atom is -0.477 e. The smallest absolute Gasteiger partial charge is 0.341 e. The van der Waals surface area contributed by atoms with Gasteiger partial charge < -0.3 is 5.11 Å². The molecule has 94 valence electrons. The molecule has 6 heteroatoms. The molecule has 18 heavy (non-hydrogen) atoms. The molecule has 0 saturated carbocycles. The highest BCUT2D eigenvalue weighted by Crippen LogP contribution is 2.13. The molecule has 5 nitrogen and oxygen atoms in total. The van der Waals surface area contributed by atoms with Crippen molar-refractivity contribution < 1.29 is 9.90 Å². The number of rotatable bonds is 4.